The fourth-order valence-corrected chi connectivity index (χ4v) is 2.95. The second kappa shape index (κ2) is 9.76. The Bertz CT molecular complexity index is 1130. The number of halogens is 3. The largest absolute Gasteiger partial charge is 0.322 e. The third kappa shape index (κ3) is 5.60. The second-order valence-electron chi connectivity index (χ2n) is 6.31. The van der Waals surface area contributed by atoms with Gasteiger partial charge in [0.2, 0.25) is 0 Å². The molecule has 0 fully saturated rings. The topological polar surface area (TPSA) is 70.6 Å². The summed E-state index contributed by atoms with van der Waals surface area (Å²) in [6.45, 7) is 1.75. The fourth-order valence-electron chi connectivity index (χ4n) is 2.53. The summed E-state index contributed by atoms with van der Waals surface area (Å²) in [5.74, 6) is -0.675. The molecule has 2 N–H and O–H groups in total. The summed E-state index contributed by atoms with van der Waals surface area (Å²) in [7, 11) is 0. The zero-order chi connectivity index (χ0) is 21.7. The highest BCUT2D eigenvalue weighted by molar-refractivity contribution is 6.42. The predicted molar refractivity (Wildman–Crippen MR) is 122 cm³/mol. The molecule has 0 saturated carbocycles. The lowest BCUT2D eigenvalue weighted by Gasteiger charge is -2.08. The van der Waals surface area contributed by atoms with Gasteiger partial charge in [0.25, 0.3) is 11.8 Å². The summed E-state index contributed by atoms with van der Waals surface area (Å²) in [6.07, 6.45) is 0. The van der Waals surface area contributed by atoms with Crippen LogP contribution >= 0.6 is 34.8 Å². The van der Waals surface area contributed by atoms with Gasteiger partial charge in [0.1, 0.15) is 0 Å². The van der Waals surface area contributed by atoms with E-state index in [9.17, 15) is 9.59 Å². The van der Waals surface area contributed by atoms with E-state index >= 15 is 0 Å². The SMILES string of the molecule is C/C(=N/NC(=O)c1ccc(Cl)c(Cl)c1)c1cccc(NC(=O)c2ccc(Cl)cc2)c1. The molecule has 0 radical (unpaired) electrons. The highest BCUT2D eigenvalue weighted by atomic mass is 35.5. The Labute approximate surface area is 188 Å². The summed E-state index contributed by atoms with van der Waals surface area (Å²) in [5.41, 5.74) is 5.20. The molecule has 0 aliphatic carbocycles. The van der Waals surface area contributed by atoms with E-state index in [2.05, 4.69) is 15.8 Å². The number of hydrazone groups is 1. The number of hydrogen-bond acceptors (Lipinski definition) is 3. The molecule has 0 spiro atoms. The molecule has 3 aromatic carbocycles. The van der Waals surface area contributed by atoms with Gasteiger partial charge in [-0.25, -0.2) is 5.43 Å². The van der Waals surface area contributed by atoms with Crippen LogP contribution < -0.4 is 10.7 Å². The smallest absolute Gasteiger partial charge is 0.271 e. The molecule has 5 nitrogen and oxygen atoms in total. The van der Waals surface area contributed by atoms with E-state index in [1.54, 1.807) is 61.5 Å². The minimum Gasteiger partial charge on any atom is -0.322 e. The monoisotopic (exact) mass is 459 g/mol. The van der Waals surface area contributed by atoms with E-state index in [-0.39, 0.29) is 10.9 Å². The molecule has 3 rings (SSSR count). The van der Waals surface area contributed by atoms with E-state index in [4.69, 9.17) is 34.8 Å². The maximum absolute atomic E-state index is 12.4. The second-order valence-corrected chi connectivity index (χ2v) is 7.56. The van der Waals surface area contributed by atoms with Crippen LogP contribution in [-0.2, 0) is 0 Å². The van der Waals surface area contributed by atoms with Crippen LogP contribution in [0.3, 0.4) is 0 Å². The van der Waals surface area contributed by atoms with Gasteiger partial charge in [-0.05, 0) is 67.1 Å². The van der Waals surface area contributed by atoms with Crippen molar-refractivity contribution in [2.75, 3.05) is 5.32 Å². The van der Waals surface area contributed by atoms with Gasteiger partial charge in [-0.3, -0.25) is 9.59 Å². The van der Waals surface area contributed by atoms with Crippen LogP contribution in [0.2, 0.25) is 15.1 Å². The lowest BCUT2D eigenvalue weighted by Crippen LogP contribution is -2.19. The Morgan fingerprint density at radius 3 is 2.17 bits per heavy atom. The lowest BCUT2D eigenvalue weighted by molar-refractivity contribution is 0.0954. The molecule has 0 unspecified atom stereocenters. The van der Waals surface area contributed by atoms with Gasteiger partial charge in [-0.15, -0.1) is 0 Å². The van der Waals surface area contributed by atoms with Crippen molar-refractivity contribution in [1.82, 2.24) is 5.43 Å². The van der Waals surface area contributed by atoms with Gasteiger partial charge < -0.3 is 5.32 Å². The zero-order valence-electron chi connectivity index (χ0n) is 15.7. The standard InChI is InChI=1S/C22H16Cl3N3O2/c1-13(27-28-22(30)16-7-10-19(24)20(25)12-16)15-3-2-4-18(11-15)26-21(29)14-5-8-17(23)9-6-14/h2-12H,1H3,(H,26,29)(H,28,30)/b27-13-. The third-order valence-corrected chi connectivity index (χ3v) is 5.14. The molecule has 0 aliphatic rings. The summed E-state index contributed by atoms with van der Waals surface area (Å²) in [6, 6.07) is 18.3. The summed E-state index contributed by atoms with van der Waals surface area (Å²) in [5, 5.41) is 8.16. The van der Waals surface area contributed by atoms with Crippen molar-refractivity contribution in [2.24, 2.45) is 5.10 Å². The maximum Gasteiger partial charge on any atom is 0.271 e. The lowest BCUT2D eigenvalue weighted by atomic mass is 10.1. The van der Waals surface area contributed by atoms with Crippen LogP contribution in [0.25, 0.3) is 0 Å². The Hall–Kier alpha value is -2.86. The highest BCUT2D eigenvalue weighted by Gasteiger charge is 2.09. The van der Waals surface area contributed by atoms with Gasteiger partial charge in [-0.1, -0.05) is 46.9 Å². The summed E-state index contributed by atoms with van der Waals surface area (Å²) in [4.78, 5) is 24.6. The minimum absolute atomic E-state index is 0.258. The van der Waals surface area contributed by atoms with Crippen molar-refractivity contribution >= 4 is 58.0 Å². The number of nitrogens with one attached hydrogen (secondary N) is 2. The van der Waals surface area contributed by atoms with Crippen molar-refractivity contribution in [3.8, 4) is 0 Å². The van der Waals surface area contributed by atoms with Gasteiger partial charge in [-0.2, -0.15) is 5.10 Å². The van der Waals surface area contributed by atoms with Crippen LogP contribution in [0.5, 0.6) is 0 Å². The van der Waals surface area contributed by atoms with Crippen molar-refractivity contribution < 1.29 is 9.59 Å². The Kier molecular flexibility index (Phi) is 7.11. The molecule has 2 amide bonds. The first kappa shape index (κ1) is 21.8. The maximum atomic E-state index is 12.4. The average molecular weight is 461 g/mol. The van der Waals surface area contributed by atoms with Crippen molar-refractivity contribution in [2.45, 2.75) is 6.92 Å². The third-order valence-electron chi connectivity index (χ3n) is 4.15. The zero-order valence-corrected chi connectivity index (χ0v) is 18.0. The van der Waals surface area contributed by atoms with Crippen molar-refractivity contribution in [1.29, 1.82) is 0 Å². The average Bonchev–Trinajstić information content (AvgIpc) is 2.74. The van der Waals surface area contributed by atoms with Crippen LogP contribution in [0.4, 0.5) is 5.69 Å². The number of amides is 2. The van der Waals surface area contributed by atoms with E-state index in [0.717, 1.165) is 5.56 Å². The van der Waals surface area contributed by atoms with E-state index in [1.165, 1.54) is 6.07 Å². The van der Waals surface area contributed by atoms with Crippen LogP contribution in [0.15, 0.2) is 71.8 Å². The van der Waals surface area contributed by atoms with Crippen molar-refractivity contribution in [3.05, 3.63) is 98.5 Å². The van der Waals surface area contributed by atoms with Gasteiger partial charge in [0, 0.05) is 21.8 Å². The molecule has 152 valence electrons. The normalized spacial score (nSPS) is 11.1. The van der Waals surface area contributed by atoms with E-state index in [0.29, 0.717) is 32.6 Å². The van der Waals surface area contributed by atoms with Crippen LogP contribution in [0, 0.1) is 0 Å². The molecule has 0 aromatic heterocycles. The number of carbonyl (C=O) groups is 2. The van der Waals surface area contributed by atoms with Gasteiger partial charge in [0.15, 0.2) is 0 Å². The summed E-state index contributed by atoms with van der Waals surface area (Å²) >= 11 is 17.7. The molecular formula is C22H16Cl3N3O2. The molecule has 0 saturated heterocycles. The minimum atomic E-state index is -0.417. The molecular weight excluding hydrogens is 445 g/mol. The van der Waals surface area contributed by atoms with Crippen LogP contribution in [0.1, 0.15) is 33.2 Å². The summed E-state index contributed by atoms with van der Waals surface area (Å²) < 4.78 is 0. The van der Waals surface area contributed by atoms with Gasteiger partial charge in [0.05, 0.1) is 15.8 Å². The number of nitrogens with zero attached hydrogens (tertiary/aromatic N) is 1. The molecule has 8 heteroatoms. The molecule has 3 aromatic rings. The van der Waals surface area contributed by atoms with E-state index < -0.39 is 5.91 Å². The Morgan fingerprint density at radius 2 is 1.47 bits per heavy atom. The quantitative estimate of drug-likeness (QED) is 0.359. The number of benzene rings is 3. The fraction of sp³-hybridized carbons (Fsp3) is 0.0455. The Balaban J connectivity index is 1.69. The first-order valence-corrected chi connectivity index (χ1v) is 9.94. The van der Waals surface area contributed by atoms with Crippen LogP contribution in [-0.4, -0.2) is 17.5 Å². The predicted octanol–water partition coefficient (Wildman–Crippen LogP) is 6.05. The molecule has 0 bridgehead atoms. The first-order valence-electron chi connectivity index (χ1n) is 8.80. The number of rotatable bonds is 5. The first-order chi connectivity index (χ1) is 14.3. The Morgan fingerprint density at radius 1 is 0.767 bits per heavy atom. The van der Waals surface area contributed by atoms with Crippen molar-refractivity contribution in [3.63, 3.8) is 0 Å². The molecule has 0 heterocycles. The molecule has 30 heavy (non-hydrogen) atoms. The number of anilines is 1. The molecule has 0 aliphatic heterocycles. The van der Waals surface area contributed by atoms with Gasteiger partial charge >= 0.3 is 0 Å². The van der Waals surface area contributed by atoms with E-state index in [1.807, 2.05) is 6.07 Å². The number of carbonyl (C=O) groups excluding carboxylic acids is 2. The number of hydrogen-bond donors (Lipinski definition) is 2. The highest BCUT2D eigenvalue weighted by Crippen LogP contribution is 2.22. The molecule has 0 atom stereocenters.